The van der Waals surface area contributed by atoms with E-state index < -0.39 is 0 Å². The van der Waals surface area contributed by atoms with Crippen molar-refractivity contribution in [2.75, 3.05) is 6.54 Å². The van der Waals surface area contributed by atoms with E-state index >= 15 is 0 Å². The Morgan fingerprint density at radius 3 is 2.47 bits per heavy atom. The lowest BCUT2D eigenvalue weighted by Gasteiger charge is -2.16. The van der Waals surface area contributed by atoms with E-state index in [0.29, 0.717) is 13.0 Å². The van der Waals surface area contributed by atoms with Crippen molar-refractivity contribution in [1.29, 1.82) is 0 Å². The number of nitrogens with two attached hydrogens (primary N) is 1. The molecule has 17 heavy (non-hydrogen) atoms. The summed E-state index contributed by atoms with van der Waals surface area (Å²) in [6.07, 6.45) is 0.419. The monoisotopic (exact) mass is 238 g/mol. The van der Waals surface area contributed by atoms with Crippen LogP contribution in [0.2, 0.25) is 0 Å². The van der Waals surface area contributed by atoms with Gasteiger partial charge in [-0.25, -0.2) is 4.39 Å². The van der Waals surface area contributed by atoms with Crippen LogP contribution in [0.1, 0.15) is 31.9 Å². The van der Waals surface area contributed by atoms with Crippen LogP contribution in [-0.2, 0) is 4.79 Å². The van der Waals surface area contributed by atoms with Crippen molar-refractivity contribution in [3.05, 3.63) is 35.6 Å². The highest BCUT2D eigenvalue weighted by Crippen LogP contribution is 2.13. The topological polar surface area (TPSA) is 55.1 Å². The molecule has 0 aliphatic heterocycles. The zero-order valence-corrected chi connectivity index (χ0v) is 10.2. The SMILES string of the molecule is CC(CN)CC(=O)N[C@@H](C)c1ccc(F)cc1. The second kappa shape index (κ2) is 6.35. The molecule has 1 rings (SSSR count). The molecule has 94 valence electrons. The van der Waals surface area contributed by atoms with E-state index in [9.17, 15) is 9.18 Å². The summed E-state index contributed by atoms with van der Waals surface area (Å²) in [6, 6.07) is 6.01. The molecule has 0 spiro atoms. The minimum absolute atomic E-state index is 0.0280. The Morgan fingerprint density at radius 2 is 1.94 bits per heavy atom. The number of carbonyl (C=O) groups excluding carboxylic acids is 1. The third-order valence-electron chi connectivity index (χ3n) is 2.68. The molecule has 0 saturated heterocycles. The van der Waals surface area contributed by atoms with Crippen LogP contribution in [0.25, 0.3) is 0 Å². The highest BCUT2D eigenvalue weighted by molar-refractivity contribution is 5.76. The Balaban J connectivity index is 2.51. The van der Waals surface area contributed by atoms with Crippen molar-refractivity contribution < 1.29 is 9.18 Å². The van der Waals surface area contributed by atoms with E-state index in [1.54, 1.807) is 12.1 Å². The van der Waals surface area contributed by atoms with Gasteiger partial charge in [-0.2, -0.15) is 0 Å². The molecular weight excluding hydrogens is 219 g/mol. The highest BCUT2D eigenvalue weighted by atomic mass is 19.1. The fraction of sp³-hybridized carbons (Fsp3) is 0.462. The number of carbonyl (C=O) groups is 1. The number of amides is 1. The average molecular weight is 238 g/mol. The van der Waals surface area contributed by atoms with Gasteiger partial charge in [-0.05, 0) is 37.1 Å². The second-order valence-corrected chi connectivity index (χ2v) is 4.39. The number of benzene rings is 1. The molecule has 1 amide bonds. The highest BCUT2D eigenvalue weighted by Gasteiger charge is 2.11. The van der Waals surface area contributed by atoms with E-state index in [-0.39, 0.29) is 23.7 Å². The first-order valence-electron chi connectivity index (χ1n) is 5.77. The van der Waals surface area contributed by atoms with E-state index in [1.165, 1.54) is 12.1 Å². The molecule has 0 aliphatic carbocycles. The van der Waals surface area contributed by atoms with Crippen molar-refractivity contribution in [1.82, 2.24) is 5.32 Å². The lowest BCUT2D eigenvalue weighted by molar-refractivity contribution is -0.122. The largest absolute Gasteiger partial charge is 0.350 e. The minimum Gasteiger partial charge on any atom is -0.350 e. The summed E-state index contributed by atoms with van der Waals surface area (Å²) in [6.45, 7) is 4.30. The smallest absolute Gasteiger partial charge is 0.220 e. The van der Waals surface area contributed by atoms with Crippen LogP contribution in [0, 0.1) is 11.7 Å². The van der Waals surface area contributed by atoms with Gasteiger partial charge < -0.3 is 11.1 Å². The Morgan fingerprint density at radius 1 is 1.35 bits per heavy atom. The molecule has 0 saturated carbocycles. The van der Waals surface area contributed by atoms with Crippen molar-refractivity contribution >= 4 is 5.91 Å². The molecule has 3 nitrogen and oxygen atoms in total. The first-order valence-corrected chi connectivity index (χ1v) is 5.77. The fourth-order valence-electron chi connectivity index (χ4n) is 1.54. The molecule has 0 heterocycles. The maximum absolute atomic E-state index is 12.7. The van der Waals surface area contributed by atoms with E-state index in [2.05, 4.69) is 5.32 Å². The number of nitrogens with one attached hydrogen (secondary N) is 1. The maximum Gasteiger partial charge on any atom is 0.220 e. The summed E-state index contributed by atoms with van der Waals surface area (Å²) in [5.74, 6) is -0.126. The second-order valence-electron chi connectivity index (χ2n) is 4.39. The van der Waals surface area contributed by atoms with Gasteiger partial charge in [-0.3, -0.25) is 4.79 Å². The number of hydrogen-bond donors (Lipinski definition) is 2. The lowest BCUT2D eigenvalue weighted by atomic mass is 10.1. The Kier molecular flexibility index (Phi) is 5.10. The predicted molar refractivity (Wildman–Crippen MR) is 65.8 cm³/mol. The van der Waals surface area contributed by atoms with Crippen LogP contribution in [0.15, 0.2) is 24.3 Å². The number of rotatable bonds is 5. The van der Waals surface area contributed by atoms with Gasteiger partial charge in [-0.1, -0.05) is 19.1 Å². The van der Waals surface area contributed by atoms with Crippen molar-refractivity contribution in [2.45, 2.75) is 26.3 Å². The van der Waals surface area contributed by atoms with Crippen LogP contribution >= 0.6 is 0 Å². The van der Waals surface area contributed by atoms with Crippen LogP contribution in [0.4, 0.5) is 4.39 Å². The first kappa shape index (κ1) is 13.6. The van der Waals surface area contributed by atoms with Crippen molar-refractivity contribution in [3.8, 4) is 0 Å². The van der Waals surface area contributed by atoms with Crippen LogP contribution in [-0.4, -0.2) is 12.5 Å². The molecule has 0 aromatic heterocycles. The summed E-state index contributed by atoms with van der Waals surface area (Å²) < 4.78 is 12.7. The summed E-state index contributed by atoms with van der Waals surface area (Å²) in [4.78, 5) is 11.6. The Hall–Kier alpha value is -1.42. The van der Waals surface area contributed by atoms with Gasteiger partial charge in [0.15, 0.2) is 0 Å². The van der Waals surface area contributed by atoms with Gasteiger partial charge >= 0.3 is 0 Å². The summed E-state index contributed by atoms with van der Waals surface area (Å²) in [5, 5.41) is 2.86. The van der Waals surface area contributed by atoms with E-state index in [1.807, 2.05) is 13.8 Å². The number of halogens is 1. The third kappa shape index (κ3) is 4.53. The van der Waals surface area contributed by atoms with Crippen LogP contribution < -0.4 is 11.1 Å². The third-order valence-corrected chi connectivity index (χ3v) is 2.68. The molecule has 2 atom stereocenters. The first-order chi connectivity index (χ1) is 8.02. The van der Waals surface area contributed by atoms with Crippen molar-refractivity contribution in [2.24, 2.45) is 11.7 Å². The summed E-state index contributed by atoms with van der Waals surface area (Å²) in [5.41, 5.74) is 6.35. The normalized spacial score (nSPS) is 14.1. The van der Waals surface area contributed by atoms with Gasteiger partial charge in [0, 0.05) is 6.42 Å². The zero-order chi connectivity index (χ0) is 12.8. The average Bonchev–Trinajstić information content (AvgIpc) is 2.29. The molecule has 1 unspecified atom stereocenters. The van der Waals surface area contributed by atoms with E-state index in [0.717, 1.165) is 5.56 Å². The van der Waals surface area contributed by atoms with Crippen molar-refractivity contribution in [3.63, 3.8) is 0 Å². The van der Waals surface area contributed by atoms with E-state index in [4.69, 9.17) is 5.73 Å². The molecule has 4 heteroatoms. The molecule has 0 aliphatic rings. The molecule has 3 N–H and O–H groups in total. The van der Waals surface area contributed by atoms with Gasteiger partial charge in [0.05, 0.1) is 6.04 Å². The van der Waals surface area contributed by atoms with Gasteiger partial charge in [0.1, 0.15) is 5.82 Å². The lowest BCUT2D eigenvalue weighted by Crippen LogP contribution is -2.29. The predicted octanol–water partition coefficient (Wildman–Crippen LogP) is 1.99. The summed E-state index contributed by atoms with van der Waals surface area (Å²) >= 11 is 0. The van der Waals surface area contributed by atoms with Gasteiger partial charge in [-0.15, -0.1) is 0 Å². The zero-order valence-electron chi connectivity index (χ0n) is 10.2. The molecular formula is C13H19FN2O. The standard InChI is InChI=1S/C13H19FN2O/c1-9(8-15)7-13(17)16-10(2)11-3-5-12(14)6-4-11/h3-6,9-10H,7-8,15H2,1-2H3,(H,16,17)/t9?,10-/m0/s1. The summed E-state index contributed by atoms with van der Waals surface area (Å²) in [7, 11) is 0. The quantitative estimate of drug-likeness (QED) is 0.824. The van der Waals surface area contributed by atoms with Crippen LogP contribution in [0.3, 0.4) is 0 Å². The van der Waals surface area contributed by atoms with Gasteiger partial charge in [0.2, 0.25) is 5.91 Å². The number of hydrogen-bond acceptors (Lipinski definition) is 2. The minimum atomic E-state index is -0.274. The molecule has 1 aromatic carbocycles. The van der Waals surface area contributed by atoms with Crippen LogP contribution in [0.5, 0.6) is 0 Å². The van der Waals surface area contributed by atoms with Gasteiger partial charge in [0.25, 0.3) is 0 Å². The molecule has 0 fully saturated rings. The Bertz CT molecular complexity index is 364. The fourth-order valence-corrected chi connectivity index (χ4v) is 1.54. The molecule has 1 aromatic rings. The Labute approximate surface area is 101 Å². The maximum atomic E-state index is 12.7. The molecule has 0 bridgehead atoms. The molecule has 0 radical (unpaired) electrons.